The van der Waals surface area contributed by atoms with E-state index in [9.17, 15) is 5.11 Å². The molecule has 2 unspecified atom stereocenters. The van der Waals surface area contributed by atoms with E-state index in [0.29, 0.717) is 6.61 Å². The molecule has 0 heterocycles. The van der Waals surface area contributed by atoms with E-state index in [0.717, 1.165) is 22.6 Å². The predicted octanol–water partition coefficient (Wildman–Crippen LogP) is -1.06. The molecule has 0 aliphatic carbocycles. The number of aliphatic hydroxyl groups excluding tert-OH is 1. The zero-order chi connectivity index (χ0) is 15.2. The molecule has 2 rings (SSSR count). The van der Waals surface area contributed by atoms with Crippen LogP contribution < -0.4 is 27.6 Å². The number of hydrogen-bond acceptors (Lipinski definition) is 3. The van der Waals surface area contributed by atoms with Crippen LogP contribution in [0.5, 0.6) is 11.5 Å². The van der Waals surface area contributed by atoms with Crippen molar-refractivity contribution in [3.8, 4) is 11.5 Å². The SMILES string of the molecule is COc1cccc(COc2ccc(C(O)C(C)[NH3+])cc2)c1.[Cl-]. The molecule has 0 aliphatic rings. The third kappa shape index (κ3) is 4.91. The number of hydrogen-bond donors (Lipinski definition) is 2. The van der Waals surface area contributed by atoms with Crippen molar-refractivity contribution in [3.63, 3.8) is 0 Å². The first kappa shape index (κ1) is 18.3. The molecule has 2 aromatic carbocycles. The maximum Gasteiger partial charge on any atom is 0.130 e. The van der Waals surface area contributed by atoms with Gasteiger partial charge in [-0.1, -0.05) is 24.3 Å². The number of benzene rings is 2. The molecule has 0 saturated carbocycles. The minimum Gasteiger partial charge on any atom is -1.00 e. The molecular formula is C17H22ClNO3. The number of quaternary nitrogens is 1. The monoisotopic (exact) mass is 323 g/mol. The molecule has 0 aromatic heterocycles. The largest absolute Gasteiger partial charge is 1.00 e. The van der Waals surface area contributed by atoms with Crippen LogP contribution in [0.25, 0.3) is 0 Å². The molecule has 5 heteroatoms. The first-order valence-electron chi connectivity index (χ1n) is 6.97. The van der Waals surface area contributed by atoms with Crippen molar-refractivity contribution in [2.45, 2.75) is 25.7 Å². The molecule has 0 amide bonds. The van der Waals surface area contributed by atoms with Gasteiger partial charge in [-0.2, -0.15) is 0 Å². The molecule has 0 saturated heterocycles. The van der Waals surface area contributed by atoms with Crippen LogP contribution in [0.2, 0.25) is 0 Å². The van der Waals surface area contributed by atoms with Crippen LogP contribution in [-0.2, 0) is 6.61 Å². The highest BCUT2D eigenvalue weighted by Gasteiger charge is 2.14. The van der Waals surface area contributed by atoms with E-state index < -0.39 is 6.10 Å². The predicted molar refractivity (Wildman–Crippen MR) is 81.1 cm³/mol. The van der Waals surface area contributed by atoms with Gasteiger partial charge in [-0.15, -0.1) is 0 Å². The number of ether oxygens (including phenoxy) is 2. The fraction of sp³-hybridized carbons (Fsp3) is 0.294. The summed E-state index contributed by atoms with van der Waals surface area (Å²) in [6, 6.07) is 15.2. The summed E-state index contributed by atoms with van der Waals surface area (Å²) in [6.07, 6.45) is -0.544. The van der Waals surface area contributed by atoms with Gasteiger partial charge in [0.25, 0.3) is 0 Å². The van der Waals surface area contributed by atoms with Crippen LogP contribution in [0.4, 0.5) is 0 Å². The summed E-state index contributed by atoms with van der Waals surface area (Å²) in [5, 5.41) is 9.94. The van der Waals surface area contributed by atoms with Gasteiger partial charge in [0.05, 0.1) is 7.11 Å². The lowest BCUT2D eigenvalue weighted by molar-refractivity contribution is -0.433. The van der Waals surface area contributed by atoms with Gasteiger partial charge in [0.15, 0.2) is 0 Å². The van der Waals surface area contributed by atoms with Gasteiger partial charge in [-0.25, -0.2) is 0 Å². The highest BCUT2D eigenvalue weighted by molar-refractivity contribution is 5.31. The zero-order valence-electron chi connectivity index (χ0n) is 12.8. The molecule has 2 aromatic rings. The average Bonchev–Trinajstić information content (AvgIpc) is 2.53. The number of rotatable bonds is 6. The standard InChI is InChI=1S/C17H21NO3.ClH/c1-12(18)17(19)14-6-8-15(9-7-14)21-11-13-4-3-5-16(10-13)20-2;/h3-10,12,17,19H,11,18H2,1-2H3;1H. The Labute approximate surface area is 137 Å². The van der Waals surface area contributed by atoms with E-state index in [1.807, 2.05) is 55.5 Å². The van der Waals surface area contributed by atoms with E-state index in [1.54, 1.807) is 7.11 Å². The summed E-state index contributed by atoms with van der Waals surface area (Å²) in [6.45, 7) is 2.36. The van der Waals surface area contributed by atoms with Crippen LogP contribution in [0.3, 0.4) is 0 Å². The highest BCUT2D eigenvalue weighted by Crippen LogP contribution is 2.20. The van der Waals surface area contributed by atoms with E-state index in [4.69, 9.17) is 9.47 Å². The average molecular weight is 324 g/mol. The quantitative estimate of drug-likeness (QED) is 0.712. The Bertz CT molecular complexity index is 572. The number of halogens is 1. The van der Waals surface area contributed by atoms with Crippen LogP contribution >= 0.6 is 0 Å². The minimum absolute atomic E-state index is 0. The second-order valence-corrected chi connectivity index (χ2v) is 5.13. The molecule has 120 valence electrons. The Balaban J connectivity index is 0.00000242. The van der Waals surface area contributed by atoms with E-state index >= 15 is 0 Å². The van der Waals surface area contributed by atoms with Gasteiger partial charge >= 0.3 is 0 Å². The third-order valence-corrected chi connectivity index (χ3v) is 3.30. The number of aliphatic hydroxyl groups is 1. The first-order chi connectivity index (χ1) is 10.1. The smallest absolute Gasteiger partial charge is 0.130 e. The summed E-state index contributed by atoms with van der Waals surface area (Å²) >= 11 is 0. The van der Waals surface area contributed by atoms with Crippen molar-refractivity contribution < 1.29 is 32.7 Å². The van der Waals surface area contributed by atoms with Crippen molar-refractivity contribution >= 4 is 0 Å². The van der Waals surface area contributed by atoms with Crippen LogP contribution in [-0.4, -0.2) is 18.3 Å². The van der Waals surface area contributed by atoms with Crippen molar-refractivity contribution in [2.24, 2.45) is 0 Å². The fourth-order valence-corrected chi connectivity index (χ4v) is 2.02. The van der Waals surface area contributed by atoms with Gasteiger partial charge in [0, 0.05) is 0 Å². The molecule has 22 heavy (non-hydrogen) atoms. The zero-order valence-corrected chi connectivity index (χ0v) is 13.6. The summed E-state index contributed by atoms with van der Waals surface area (Å²) < 4.78 is 10.9. The first-order valence-corrected chi connectivity index (χ1v) is 6.97. The molecule has 0 radical (unpaired) electrons. The normalized spacial score (nSPS) is 12.9. The Hall–Kier alpha value is -1.75. The Morgan fingerprint density at radius 2 is 1.77 bits per heavy atom. The highest BCUT2D eigenvalue weighted by atomic mass is 35.5. The molecule has 0 spiro atoms. The molecule has 4 N–H and O–H groups in total. The molecule has 2 atom stereocenters. The lowest BCUT2D eigenvalue weighted by Gasteiger charge is -2.13. The molecule has 0 bridgehead atoms. The second-order valence-electron chi connectivity index (χ2n) is 5.13. The molecule has 0 fully saturated rings. The van der Waals surface area contributed by atoms with Crippen LogP contribution in [0.15, 0.2) is 48.5 Å². The van der Waals surface area contributed by atoms with Crippen molar-refractivity contribution in [3.05, 3.63) is 59.7 Å². The van der Waals surface area contributed by atoms with Gasteiger partial charge in [-0.3, -0.25) is 0 Å². The third-order valence-electron chi connectivity index (χ3n) is 3.30. The van der Waals surface area contributed by atoms with Crippen molar-refractivity contribution in [1.82, 2.24) is 0 Å². The molecule has 0 aliphatic heterocycles. The Morgan fingerprint density at radius 1 is 1.09 bits per heavy atom. The maximum atomic E-state index is 9.94. The topological polar surface area (TPSA) is 66.3 Å². The van der Waals surface area contributed by atoms with Crippen molar-refractivity contribution in [1.29, 1.82) is 0 Å². The molecule has 4 nitrogen and oxygen atoms in total. The van der Waals surface area contributed by atoms with E-state index in [2.05, 4.69) is 5.73 Å². The fourth-order valence-electron chi connectivity index (χ4n) is 2.02. The summed E-state index contributed by atoms with van der Waals surface area (Å²) in [5.41, 5.74) is 5.74. The maximum absolute atomic E-state index is 9.94. The van der Waals surface area contributed by atoms with Gasteiger partial charge in [-0.05, 0) is 42.3 Å². The summed E-state index contributed by atoms with van der Waals surface area (Å²) in [7, 11) is 1.65. The van der Waals surface area contributed by atoms with Gasteiger partial charge in [0.2, 0.25) is 0 Å². The molecular weight excluding hydrogens is 302 g/mol. The number of methoxy groups -OCH3 is 1. The van der Waals surface area contributed by atoms with Gasteiger partial charge in [0.1, 0.15) is 30.3 Å². The Kier molecular flexibility index (Phi) is 7.18. The van der Waals surface area contributed by atoms with E-state index in [-0.39, 0.29) is 18.4 Å². The van der Waals surface area contributed by atoms with E-state index in [1.165, 1.54) is 0 Å². The van der Waals surface area contributed by atoms with Crippen molar-refractivity contribution in [2.75, 3.05) is 7.11 Å². The van der Waals surface area contributed by atoms with Crippen LogP contribution in [0.1, 0.15) is 24.2 Å². The minimum atomic E-state index is -0.544. The summed E-state index contributed by atoms with van der Waals surface area (Å²) in [4.78, 5) is 0. The lowest BCUT2D eigenvalue weighted by Crippen LogP contribution is -3.00. The Morgan fingerprint density at radius 3 is 2.36 bits per heavy atom. The lowest BCUT2D eigenvalue weighted by atomic mass is 10.0. The summed E-state index contributed by atoms with van der Waals surface area (Å²) in [5.74, 6) is 1.59. The second kappa shape index (κ2) is 8.63. The van der Waals surface area contributed by atoms with Gasteiger partial charge < -0.3 is 32.7 Å². The van der Waals surface area contributed by atoms with Crippen LogP contribution in [0, 0.1) is 0 Å².